The fourth-order valence-electron chi connectivity index (χ4n) is 3.33. The maximum absolute atomic E-state index is 14.6. The summed E-state index contributed by atoms with van der Waals surface area (Å²) in [6, 6.07) is 13.6. The van der Waals surface area contributed by atoms with Gasteiger partial charge in [-0.2, -0.15) is 0 Å². The molecule has 0 aliphatic heterocycles. The van der Waals surface area contributed by atoms with Crippen LogP contribution in [0.25, 0.3) is 28.5 Å². The number of hydrogen-bond acceptors (Lipinski definition) is 2. The highest BCUT2D eigenvalue weighted by Crippen LogP contribution is 2.32. The monoisotopic (exact) mass is 425 g/mol. The van der Waals surface area contributed by atoms with Crippen molar-refractivity contribution in [2.24, 2.45) is 0 Å². The molecule has 1 aromatic heterocycles. The Morgan fingerprint density at radius 2 is 1.10 bits per heavy atom. The standard InChI is InChI=1S/C24H19F4N3/c1-24(2,3)14-4-8-17(9-5-14)31-22(18-10-6-15(25)12-20(18)27)29-30-23(31)19-11-7-16(26)13-21(19)28/h4-13H,1-3H3. The van der Waals surface area contributed by atoms with Crippen LogP contribution in [-0.4, -0.2) is 14.8 Å². The molecule has 0 fully saturated rings. The van der Waals surface area contributed by atoms with E-state index >= 15 is 0 Å². The molecule has 0 aliphatic carbocycles. The molecule has 0 amide bonds. The van der Waals surface area contributed by atoms with Crippen molar-refractivity contribution in [3.63, 3.8) is 0 Å². The van der Waals surface area contributed by atoms with Crippen molar-refractivity contribution in [2.45, 2.75) is 26.2 Å². The van der Waals surface area contributed by atoms with Crippen LogP contribution >= 0.6 is 0 Å². The number of aromatic nitrogens is 3. The Morgan fingerprint density at radius 3 is 1.48 bits per heavy atom. The molecule has 0 atom stereocenters. The van der Waals surface area contributed by atoms with Gasteiger partial charge in [0.2, 0.25) is 0 Å². The quantitative estimate of drug-likeness (QED) is 0.353. The molecular weight excluding hydrogens is 406 g/mol. The molecule has 7 heteroatoms. The molecule has 0 bridgehead atoms. The summed E-state index contributed by atoms with van der Waals surface area (Å²) in [5.41, 5.74) is 1.53. The molecule has 0 saturated carbocycles. The van der Waals surface area contributed by atoms with Gasteiger partial charge in [0.05, 0.1) is 11.1 Å². The van der Waals surface area contributed by atoms with E-state index < -0.39 is 23.3 Å². The van der Waals surface area contributed by atoms with Crippen LogP contribution in [0, 0.1) is 23.3 Å². The molecule has 0 radical (unpaired) electrons. The summed E-state index contributed by atoms with van der Waals surface area (Å²) in [5, 5.41) is 8.11. The maximum atomic E-state index is 14.6. The first-order valence-corrected chi connectivity index (χ1v) is 9.62. The zero-order chi connectivity index (χ0) is 22.3. The summed E-state index contributed by atoms with van der Waals surface area (Å²) in [6.07, 6.45) is 0. The van der Waals surface area contributed by atoms with Gasteiger partial charge >= 0.3 is 0 Å². The molecule has 1 heterocycles. The second-order valence-corrected chi connectivity index (χ2v) is 8.23. The van der Waals surface area contributed by atoms with Crippen LogP contribution in [0.15, 0.2) is 60.7 Å². The van der Waals surface area contributed by atoms with Gasteiger partial charge in [0.15, 0.2) is 11.6 Å². The van der Waals surface area contributed by atoms with Gasteiger partial charge in [-0.25, -0.2) is 17.6 Å². The Hall–Kier alpha value is -3.48. The van der Waals surface area contributed by atoms with Crippen LogP contribution < -0.4 is 0 Å². The van der Waals surface area contributed by atoms with Crippen LogP contribution in [0.2, 0.25) is 0 Å². The number of nitrogens with zero attached hydrogens (tertiary/aromatic N) is 3. The van der Waals surface area contributed by atoms with Gasteiger partial charge < -0.3 is 0 Å². The number of hydrogen-bond donors (Lipinski definition) is 0. The molecular formula is C24H19F4N3. The molecule has 0 spiro atoms. The predicted octanol–water partition coefficient (Wildman–Crippen LogP) is 6.46. The lowest BCUT2D eigenvalue weighted by Gasteiger charge is -2.20. The third kappa shape index (κ3) is 3.95. The van der Waals surface area contributed by atoms with Gasteiger partial charge in [-0.1, -0.05) is 32.9 Å². The Morgan fingerprint density at radius 1 is 0.645 bits per heavy atom. The smallest absolute Gasteiger partial charge is 0.171 e. The minimum absolute atomic E-state index is 0.00238. The van der Waals surface area contributed by atoms with E-state index in [-0.39, 0.29) is 28.2 Å². The largest absolute Gasteiger partial charge is 0.275 e. The lowest BCUT2D eigenvalue weighted by atomic mass is 9.87. The van der Waals surface area contributed by atoms with E-state index in [1.165, 1.54) is 16.7 Å². The van der Waals surface area contributed by atoms with Gasteiger partial charge in [0.25, 0.3) is 0 Å². The van der Waals surface area contributed by atoms with Gasteiger partial charge in [-0.05, 0) is 47.4 Å². The molecule has 31 heavy (non-hydrogen) atoms. The molecule has 0 N–H and O–H groups in total. The summed E-state index contributed by atoms with van der Waals surface area (Å²) >= 11 is 0. The number of benzene rings is 3. The zero-order valence-corrected chi connectivity index (χ0v) is 17.1. The van der Waals surface area contributed by atoms with E-state index in [0.717, 1.165) is 29.8 Å². The highest BCUT2D eigenvalue weighted by atomic mass is 19.1. The topological polar surface area (TPSA) is 30.7 Å². The van der Waals surface area contributed by atoms with Crippen LogP contribution in [0.5, 0.6) is 0 Å². The molecule has 3 aromatic carbocycles. The Labute approximate surface area is 177 Å². The maximum Gasteiger partial charge on any atom is 0.171 e. The predicted molar refractivity (Wildman–Crippen MR) is 111 cm³/mol. The average Bonchev–Trinajstić information content (AvgIpc) is 3.12. The molecule has 158 valence electrons. The molecule has 4 aromatic rings. The van der Waals surface area contributed by atoms with E-state index in [2.05, 4.69) is 31.0 Å². The normalized spacial score (nSPS) is 11.7. The van der Waals surface area contributed by atoms with Crippen molar-refractivity contribution < 1.29 is 17.6 Å². The van der Waals surface area contributed by atoms with Crippen molar-refractivity contribution in [1.29, 1.82) is 0 Å². The SMILES string of the molecule is CC(C)(C)c1ccc(-n2c(-c3ccc(F)cc3F)nnc2-c2ccc(F)cc2F)cc1. The van der Waals surface area contributed by atoms with E-state index in [4.69, 9.17) is 0 Å². The lowest BCUT2D eigenvalue weighted by molar-refractivity contribution is 0.584. The summed E-state index contributed by atoms with van der Waals surface area (Å²) < 4.78 is 57.4. The Kier molecular flexibility index (Phi) is 5.13. The summed E-state index contributed by atoms with van der Waals surface area (Å²) in [4.78, 5) is 0. The van der Waals surface area contributed by atoms with Crippen molar-refractivity contribution in [2.75, 3.05) is 0 Å². The highest BCUT2D eigenvalue weighted by Gasteiger charge is 2.22. The van der Waals surface area contributed by atoms with Crippen LogP contribution in [-0.2, 0) is 5.41 Å². The molecule has 0 unspecified atom stereocenters. The zero-order valence-electron chi connectivity index (χ0n) is 17.1. The third-order valence-electron chi connectivity index (χ3n) is 5.00. The third-order valence-corrected chi connectivity index (χ3v) is 5.00. The minimum Gasteiger partial charge on any atom is -0.275 e. The Bertz CT molecular complexity index is 1190. The van der Waals surface area contributed by atoms with E-state index in [1.54, 1.807) is 12.1 Å². The fourth-order valence-corrected chi connectivity index (χ4v) is 3.33. The first-order valence-electron chi connectivity index (χ1n) is 9.62. The van der Waals surface area contributed by atoms with E-state index in [9.17, 15) is 17.6 Å². The van der Waals surface area contributed by atoms with E-state index in [0.29, 0.717) is 5.69 Å². The van der Waals surface area contributed by atoms with Crippen LogP contribution in [0.1, 0.15) is 26.3 Å². The van der Waals surface area contributed by atoms with Crippen LogP contribution in [0.4, 0.5) is 17.6 Å². The average molecular weight is 425 g/mol. The fraction of sp³-hybridized carbons (Fsp3) is 0.167. The van der Waals surface area contributed by atoms with Crippen molar-refractivity contribution >= 4 is 0 Å². The van der Waals surface area contributed by atoms with Crippen molar-refractivity contribution in [3.8, 4) is 28.5 Å². The molecule has 0 aliphatic rings. The highest BCUT2D eigenvalue weighted by molar-refractivity contribution is 5.67. The van der Waals surface area contributed by atoms with Gasteiger partial charge in [-0.15, -0.1) is 10.2 Å². The van der Waals surface area contributed by atoms with Crippen LogP contribution in [0.3, 0.4) is 0 Å². The number of halogens is 4. The van der Waals surface area contributed by atoms with Gasteiger partial charge in [0.1, 0.15) is 23.3 Å². The first-order chi connectivity index (χ1) is 14.6. The van der Waals surface area contributed by atoms with Gasteiger partial charge in [0, 0.05) is 17.8 Å². The summed E-state index contributed by atoms with van der Waals surface area (Å²) in [5.74, 6) is -2.98. The summed E-state index contributed by atoms with van der Waals surface area (Å²) in [7, 11) is 0. The minimum atomic E-state index is -0.828. The second kappa shape index (κ2) is 7.65. The second-order valence-electron chi connectivity index (χ2n) is 8.23. The molecule has 3 nitrogen and oxygen atoms in total. The molecule has 4 rings (SSSR count). The Balaban J connectivity index is 1.96. The first kappa shape index (κ1) is 20.8. The van der Waals surface area contributed by atoms with E-state index in [1.807, 2.05) is 12.1 Å². The lowest BCUT2D eigenvalue weighted by Crippen LogP contribution is -2.11. The van der Waals surface area contributed by atoms with Gasteiger partial charge in [-0.3, -0.25) is 4.57 Å². The van der Waals surface area contributed by atoms with Crippen molar-refractivity contribution in [1.82, 2.24) is 14.8 Å². The summed E-state index contributed by atoms with van der Waals surface area (Å²) in [6.45, 7) is 6.21. The molecule has 0 saturated heterocycles. The number of rotatable bonds is 3. The van der Waals surface area contributed by atoms with Crippen molar-refractivity contribution in [3.05, 3.63) is 89.5 Å².